The Balaban J connectivity index is 1.48. The molecule has 3 amide bonds. The van der Waals surface area contributed by atoms with Crippen molar-refractivity contribution in [3.8, 4) is 0 Å². The van der Waals surface area contributed by atoms with Crippen LogP contribution in [0.3, 0.4) is 0 Å². The summed E-state index contributed by atoms with van der Waals surface area (Å²) < 4.78 is 0. The van der Waals surface area contributed by atoms with Crippen LogP contribution >= 0.6 is 0 Å². The van der Waals surface area contributed by atoms with Crippen LogP contribution in [0.2, 0.25) is 0 Å². The zero-order valence-corrected chi connectivity index (χ0v) is 23.5. The molecular weight excluding hydrogens is 482 g/mol. The third-order valence-corrected chi connectivity index (χ3v) is 8.37. The molecule has 2 aliphatic heterocycles. The number of carbonyl (C=O) groups excluding carboxylic acids is 4. The number of benzene rings is 1. The van der Waals surface area contributed by atoms with Crippen molar-refractivity contribution in [3.05, 3.63) is 35.4 Å². The second-order valence-electron chi connectivity index (χ2n) is 12.8. The highest BCUT2D eigenvalue weighted by Crippen LogP contribution is 2.36. The molecule has 3 fully saturated rings. The van der Waals surface area contributed by atoms with E-state index in [-0.39, 0.29) is 41.4 Å². The Morgan fingerprint density at radius 1 is 1.05 bits per heavy atom. The van der Waals surface area contributed by atoms with Crippen LogP contribution in [0, 0.1) is 5.92 Å². The molecular formula is C30H43N3O5. The van der Waals surface area contributed by atoms with Gasteiger partial charge >= 0.3 is 0 Å². The van der Waals surface area contributed by atoms with E-state index in [9.17, 15) is 24.3 Å². The quantitative estimate of drug-likeness (QED) is 0.593. The molecule has 1 aromatic carbocycles. The van der Waals surface area contributed by atoms with Gasteiger partial charge in [-0.1, -0.05) is 66.0 Å². The summed E-state index contributed by atoms with van der Waals surface area (Å²) in [6.07, 6.45) is 4.32. The Morgan fingerprint density at radius 3 is 2.26 bits per heavy atom. The average molecular weight is 526 g/mol. The van der Waals surface area contributed by atoms with Crippen molar-refractivity contribution in [3.63, 3.8) is 0 Å². The van der Waals surface area contributed by atoms with E-state index >= 15 is 0 Å². The third kappa shape index (κ3) is 5.65. The molecule has 3 unspecified atom stereocenters. The average Bonchev–Trinajstić information content (AvgIpc) is 3.43. The van der Waals surface area contributed by atoms with Crippen LogP contribution in [0.5, 0.6) is 0 Å². The second-order valence-corrected chi connectivity index (χ2v) is 12.8. The van der Waals surface area contributed by atoms with Crippen LogP contribution in [-0.4, -0.2) is 75.2 Å². The van der Waals surface area contributed by atoms with Crippen LogP contribution in [0.1, 0.15) is 95.5 Å². The number of amides is 3. The van der Waals surface area contributed by atoms with Crippen LogP contribution in [-0.2, 0) is 19.8 Å². The largest absolute Gasteiger partial charge is 0.380 e. The van der Waals surface area contributed by atoms with Crippen molar-refractivity contribution >= 4 is 23.5 Å². The molecule has 3 aliphatic rings. The van der Waals surface area contributed by atoms with E-state index in [1.54, 1.807) is 17.0 Å². The molecule has 1 aliphatic carbocycles. The minimum Gasteiger partial charge on any atom is -0.380 e. The summed E-state index contributed by atoms with van der Waals surface area (Å²) in [6.45, 7) is 10.6. The number of hydrogen-bond donors (Lipinski definition) is 2. The first-order valence-electron chi connectivity index (χ1n) is 14.1. The summed E-state index contributed by atoms with van der Waals surface area (Å²) in [7, 11) is 0. The molecule has 3 atom stereocenters. The molecule has 1 saturated carbocycles. The summed E-state index contributed by atoms with van der Waals surface area (Å²) >= 11 is 0. The topological polar surface area (TPSA) is 107 Å². The Labute approximate surface area is 226 Å². The van der Waals surface area contributed by atoms with Gasteiger partial charge in [0.15, 0.2) is 5.78 Å². The number of nitrogens with one attached hydrogen (secondary N) is 1. The zero-order chi connectivity index (χ0) is 27.8. The molecule has 1 aromatic rings. The molecule has 38 heavy (non-hydrogen) atoms. The fourth-order valence-electron chi connectivity index (χ4n) is 6.21. The normalized spacial score (nSPS) is 23.9. The van der Waals surface area contributed by atoms with Gasteiger partial charge in [0, 0.05) is 12.1 Å². The first-order chi connectivity index (χ1) is 17.8. The maximum Gasteiger partial charge on any atom is 0.255 e. The predicted molar refractivity (Wildman–Crippen MR) is 145 cm³/mol. The third-order valence-electron chi connectivity index (χ3n) is 8.37. The summed E-state index contributed by atoms with van der Waals surface area (Å²) in [6, 6.07) is 5.49. The number of likely N-dealkylation sites (tertiary alicyclic amines) is 2. The van der Waals surface area contributed by atoms with E-state index < -0.39 is 23.7 Å². The smallest absolute Gasteiger partial charge is 0.255 e. The second kappa shape index (κ2) is 10.8. The minimum atomic E-state index is -1.42. The lowest BCUT2D eigenvalue weighted by atomic mass is 9.83. The molecule has 4 rings (SSSR count). The molecule has 2 saturated heterocycles. The van der Waals surface area contributed by atoms with Crippen molar-refractivity contribution in [1.29, 1.82) is 0 Å². The first-order valence-corrected chi connectivity index (χ1v) is 14.1. The Bertz CT molecular complexity index is 1070. The maximum absolute atomic E-state index is 13.8. The van der Waals surface area contributed by atoms with Crippen molar-refractivity contribution in [2.24, 2.45) is 5.92 Å². The van der Waals surface area contributed by atoms with Crippen LogP contribution < -0.4 is 5.32 Å². The SMILES string of the molecule is CC(C)CC(NC(=O)c1ccc(C(C)(C)C)cc1)C(=O)N1CCC2C1C(=O)CN2C(=O)C1(O)CCCCC1. The summed E-state index contributed by atoms with van der Waals surface area (Å²) in [5.74, 6) is -1.03. The molecule has 0 radical (unpaired) electrons. The van der Waals surface area contributed by atoms with E-state index in [2.05, 4.69) is 26.1 Å². The van der Waals surface area contributed by atoms with Gasteiger partial charge in [-0.2, -0.15) is 0 Å². The lowest BCUT2D eigenvalue weighted by Crippen LogP contribution is -2.54. The van der Waals surface area contributed by atoms with Gasteiger partial charge in [-0.25, -0.2) is 0 Å². The van der Waals surface area contributed by atoms with E-state index in [1.807, 2.05) is 26.0 Å². The van der Waals surface area contributed by atoms with Crippen LogP contribution in [0.4, 0.5) is 0 Å². The lowest BCUT2D eigenvalue weighted by Gasteiger charge is -2.36. The Morgan fingerprint density at radius 2 is 1.68 bits per heavy atom. The highest BCUT2D eigenvalue weighted by atomic mass is 16.3. The standard InChI is InChI=1S/C30H43N3O5/c1-19(2)17-22(31-26(35)20-9-11-21(12-10-20)29(3,4)5)27(36)32-16-13-23-25(32)24(34)18-33(23)28(37)30(38)14-7-6-8-15-30/h9-12,19,22-23,25,38H,6-8,13-18H2,1-5H3,(H,31,35). The van der Waals surface area contributed by atoms with Gasteiger partial charge in [0.1, 0.15) is 17.7 Å². The number of nitrogens with zero attached hydrogens (tertiary/aromatic N) is 2. The number of ketones is 1. The summed E-state index contributed by atoms with van der Waals surface area (Å²) in [5, 5.41) is 13.9. The van der Waals surface area contributed by atoms with E-state index in [0.29, 0.717) is 37.8 Å². The number of rotatable bonds is 6. The van der Waals surface area contributed by atoms with Crippen molar-refractivity contribution < 1.29 is 24.3 Å². The number of carbonyl (C=O) groups is 4. The van der Waals surface area contributed by atoms with Crippen molar-refractivity contribution in [2.75, 3.05) is 13.1 Å². The highest BCUT2D eigenvalue weighted by molar-refractivity contribution is 6.01. The van der Waals surface area contributed by atoms with Crippen molar-refractivity contribution in [1.82, 2.24) is 15.1 Å². The van der Waals surface area contributed by atoms with E-state index in [0.717, 1.165) is 24.8 Å². The fourth-order valence-corrected chi connectivity index (χ4v) is 6.21. The minimum absolute atomic E-state index is 0.0345. The number of aliphatic hydroxyl groups is 1. The number of Topliss-reactive ketones (excluding diaryl/α,β-unsaturated/α-hetero) is 1. The van der Waals surface area contributed by atoms with Gasteiger partial charge in [-0.3, -0.25) is 19.2 Å². The van der Waals surface area contributed by atoms with Crippen LogP contribution in [0.25, 0.3) is 0 Å². The lowest BCUT2D eigenvalue weighted by molar-refractivity contribution is -0.156. The van der Waals surface area contributed by atoms with Crippen molar-refractivity contribution in [2.45, 2.75) is 109 Å². The molecule has 0 aromatic heterocycles. The highest BCUT2D eigenvalue weighted by Gasteiger charge is 2.55. The summed E-state index contributed by atoms with van der Waals surface area (Å²) in [4.78, 5) is 56.4. The molecule has 2 N–H and O–H groups in total. The molecule has 0 spiro atoms. The number of hydrogen-bond acceptors (Lipinski definition) is 5. The number of fused-ring (bicyclic) bond motifs is 1. The molecule has 2 heterocycles. The van der Waals surface area contributed by atoms with Gasteiger partial charge in [0.2, 0.25) is 5.91 Å². The maximum atomic E-state index is 13.8. The molecule has 8 heteroatoms. The fraction of sp³-hybridized carbons (Fsp3) is 0.667. The van der Waals surface area contributed by atoms with Gasteiger partial charge < -0.3 is 20.2 Å². The first kappa shape index (κ1) is 28.3. The molecule has 208 valence electrons. The van der Waals surface area contributed by atoms with Gasteiger partial charge in [0.25, 0.3) is 11.8 Å². The van der Waals surface area contributed by atoms with E-state index in [1.165, 1.54) is 4.90 Å². The van der Waals surface area contributed by atoms with Gasteiger partial charge in [0.05, 0.1) is 12.6 Å². The monoisotopic (exact) mass is 525 g/mol. The zero-order valence-electron chi connectivity index (χ0n) is 23.5. The molecule has 8 nitrogen and oxygen atoms in total. The Kier molecular flexibility index (Phi) is 8.03. The van der Waals surface area contributed by atoms with Gasteiger partial charge in [-0.15, -0.1) is 0 Å². The summed E-state index contributed by atoms with van der Waals surface area (Å²) in [5.41, 5.74) is 0.145. The molecule has 0 bridgehead atoms. The van der Waals surface area contributed by atoms with Gasteiger partial charge in [-0.05, 0) is 54.7 Å². The Hall–Kier alpha value is -2.74. The predicted octanol–water partition coefficient (Wildman–Crippen LogP) is 3.20. The van der Waals surface area contributed by atoms with Crippen LogP contribution in [0.15, 0.2) is 24.3 Å². The van der Waals surface area contributed by atoms with E-state index in [4.69, 9.17) is 0 Å².